The molecule has 1 atom stereocenters. The molecule has 164 valence electrons. The Kier molecular flexibility index (Phi) is 6.65. The Bertz CT molecular complexity index is 1090. The van der Waals surface area contributed by atoms with Crippen LogP contribution < -0.4 is 19.7 Å². The zero-order valence-electron chi connectivity index (χ0n) is 17.9. The van der Waals surface area contributed by atoms with Crippen molar-refractivity contribution < 1.29 is 19.1 Å². The number of carbonyl (C=O) groups excluding carboxylic acids is 2. The van der Waals surface area contributed by atoms with Crippen molar-refractivity contribution in [2.24, 2.45) is 0 Å². The first-order valence-electron chi connectivity index (χ1n) is 10.5. The molecule has 4 rings (SSSR count). The van der Waals surface area contributed by atoms with Crippen LogP contribution in [0, 0.1) is 0 Å². The van der Waals surface area contributed by atoms with Gasteiger partial charge in [-0.1, -0.05) is 48.5 Å². The van der Waals surface area contributed by atoms with Gasteiger partial charge in [0.25, 0.3) is 5.91 Å². The van der Waals surface area contributed by atoms with Crippen LogP contribution in [0.1, 0.15) is 30.1 Å². The number of methoxy groups -OCH3 is 1. The number of amides is 2. The summed E-state index contributed by atoms with van der Waals surface area (Å²) >= 11 is 0. The first-order chi connectivity index (χ1) is 15.7. The zero-order valence-corrected chi connectivity index (χ0v) is 17.9. The molecule has 0 bridgehead atoms. The number of nitrogens with zero attached hydrogens (tertiary/aromatic N) is 2. The van der Waals surface area contributed by atoms with E-state index >= 15 is 0 Å². The quantitative estimate of drug-likeness (QED) is 0.589. The number of pyridine rings is 1. The second-order valence-corrected chi connectivity index (χ2v) is 7.42. The lowest BCUT2D eigenvalue weighted by Crippen LogP contribution is -2.42. The van der Waals surface area contributed by atoms with Crippen molar-refractivity contribution in [2.45, 2.75) is 25.5 Å². The van der Waals surface area contributed by atoms with Crippen LogP contribution in [0.3, 0.4) is 0 Å². The summed E-state index contributed by atoms with van der Waals surface area (Å²) in [5.74, 6) is 1.51. The molecule has 0 fully saturated rings. The third-order valence-electron chi connectivity index (χ3n) is 5.30. The summed E-state index contributed by atoms with van der Waals surface area (Å²) in [4.78, 5) is 31.5. The van der Waals surface area contributed by atoms with Gasteiger partial charge >= 0.3 is 0 Å². The maximum Gasteiger partial charge on any atom is 0.274 e. The minimum absolute atomic E-state index is 0.0857. The van der Waals surface area contributed by atoms with E-state index in [4.69, 9.17) is 9.47 Å². The molecule has 0 aliphatic carbocycles. The van der Waals surface area contributed by atoms with Crippen LogP contribution in [0.2, 0.25) is 0 Å². The maximum atomic E-state index is 13.2. The Hall–Kier alpha value is -3.87. The third kappa shape index (κ3) is 4.72. The van der Waals surface area contributed by atoms with Crippen molar-refractivity contribution in [1.29, 1.82) is 0 Å². The van der Waals surface area contributed by atoms with Gasteiger partial charge in [-0.25, -0.2) is 4.98 Å². The normalized spacial score (nSPS) is 15.0. The van der Waals surface area contributed by atoms with E-state index in [1.165, 1.54) is 0 Å². The Labute approximate surface area is 187 Å². The molecule has 7 heteroatoms. The molecule has 0 unspecified atom stereocenters. The second-order valence-electron chi connectivity index (χ2n) is 7.42. The predicted molar refractivity (Wildman–Crippen MR) is 120 cm³/mol. The number of hydrogen-bond acceptors (Lipinski definition) is 5. The molecule has 0 saturated heterocycles. The van der Waals surface area contributed by atoms with Crippen LogP contribution in [0.4, 0.5) is 5.82 Å². The number of benzene rings is 2. The van der Waals surface area contributed by atoms with E-state index in [-0.39, 0.29) is 18.2 Å². The van der Waals surface area contributed by atoms with Gasteiger partial charge in [-0.15, -0.1) is 0 Å². The number of anilines is 1. The highest BCUT2D eigenvalue weighted by Gasteiger charge is 2.36. The fourth-order valence-corrected chi connectivity index (χ4v) is 3.68. The van der Waals surface area contributed by atoms with Gasteiger partial charge in [-0.05, 0) is 24.6 Å². The zero-order chi connectivity index (χ0) is 22.3. The lowest BCUT2D eigenvalue weighted by molar-refractivity contribution is -0.127. The summed E-state index contributed by atoms with van der Waals surface area (Å²) < 4.78 is 11.3. The molecule has 0 saturated carbocycles. The Balaban J connectivity index is 1.38. The molecule has 1 N–H and O–H groups in total. The van der Waals surface area contributed by atoms with Gasteiger partial charge in [0.1, 0.15) is 5.75 Å². The van der Waals surface area contributed by atoms with Gasteiger partial charge in [0, 0.05) is 36.8 Å². The Morgan fingerprint density at radius 2 is 1.88 bits per heavy atom. The van der Waals surface area contributed by atoms with Crippen molar-refractivity contribution >= 4 is 17.6 Å². The van der Waals surface area contributed by atoms with Crippen LogP contribution >= 0.6 is 0 Å². The van der Waals surface area contributed by atoms with E-state index in [0.717, 1.165) is 16.9 Å². The van der Waals surface area contributed by atoms with Gasteiger partial charge in [-0.3, -0.25) is 14.5 Å². The second kappa shape index (κ2) is 9.96. The molecular weight excluding hydrogens is 406 g/mol. The largest absolute Gasteiger partial charge is 0.496 e. The number of hydrogen-bond donors (Lipinski definition) is 1. The van der Waals surface area contributed by atoms with Crippen molar-refractivity contribution in [2.75, 3.05) is 18.6 Å². The molecule has 2 aromatic carbocycles. The monoisotopic (exact) mass is 431 g/mol. The molecule has 3 aromatic rings. The first-order valence-corrected chi connectivity index (χ1v) is 10.5. The number of para-hydroxylation sites is 1. The van der Waals surface area contributed by atoms with Crippen molar-refractivity contribution in [3.8, 4) is 11.5 Å². The van der Waals surface area contributed by atoms with Crippen LogP contribution in [-0.2, 0) is 16.1 Å². The highest BCUT2D eigenvalue weighted by atomic mass is 16.5. The Morgan fingerprint density at radius 3 is 2.69 bits per heavy atom. The fourth-order valence-electron chi connectivity index (χ4n) is 3.68. The molecule has 0 spiro atoms. The van der Waals surface area contributed by atoms with Gasteiger partial charge in [-0.2, -0.15) is 0 Å². The molecule has 32 heavy (non-hydrogen) atoms. The minimum Gasteiger partial charge on any atom is -0.496 e. The molecular formula is C25H25N3O4. The lowest BCUT2D eigenvalue weighted by atomic mass is 10.1. The van der Waals surface area contributed by atoms with E-state index in [1.54, 1.807) is 30.3 Å². The van der Waals surface area contributed by atoms with Crippen molar-refractivity contribution in [3.63, 3.8) is 0 Å². The van der Waals surface area contributed by atoms with E-state index in [2.05, 4.69) is 10.3 Å². The number of carbonyl (C=O) groups is 2. The van der Waals surface area contributed by atoms with E-state index in [1.807, 2.05) is 54.6 Å². The van der Waals surface area contributed by atoms with Gasteiger partial charge in [0.2, 0.25) is 12.0 Å². The summed E-state index contributed by atoms with van der Waals surface area (Å²) in [5, 5.41) is 2.91. The van der Waals surface area contributed by atoms with Gasteiger partial charge in [0.15, 0.2) is 11.6 Å². The standard InChI is InChI=1S/C25H25N3O4/c1-31-20-12-6-5-11-19(20)17-27-22(29)14-8-16-28-24-21(13-7-15-26-24)32-23(25(28)30)18-9-3-2-4-10-18/h2-7,9-13,15,23H,8,14,16-17H2,1H3,(H,27,29)/t23-/m1/s1. The fraction of sp³-hybridized carbons (Fsp3) is 0.240. The Morgan fingerprint density at radius 1 is 1.09 bits per heavy atom. The van der Waals surface area contributed by atoms with E-state index in [0.29, 0.717) is 31.1 Å². The molecule has 2 heterocycles. The van der Waals surface area contributed by atoms with Crippen molar-refractivity contribution in [1.82, 2.24) is 10.3 Å². The SMILES string of the molecule is COc1ccccc1CNC(=O)CCCN1C(=O)[C@@H](c2ccccc2)Oc2cccnc21. The molecule has 0 radical (unpaired) electrons. The van der Waals surface area contributed by atoms with Gasteiger partial charge < -0.3 is 14.8 Å². The molecule has 1 aliphatic rings. The number of nitrogens with one attached hydrogen (secondary N) is 1. The van der Waals surface area contributed by atoms with E-state index < -0.39 is 6.10 Å². The number of ether oxygens (including phenoxy) is 2. The predicted octanol–water partition coefficient (Wildman–Crippen LogP) is 3.65. The lowest BCUT2D eigenvalue weighted by Gasteiger charge is -2.33. The smallest absolute Gasteiger partial charge is 0.274 e. The molecule has 1 aromatic heterocycles. The number of fused-ring (bicyclic) bond motifs is 1. The average Bonchev–Trinajstić information content (AvgIpc) is 2.84. The highest BCUT2D eigenvalue weighted by Crippen LogP contribution is 2.37. The van der Waals surface area contributed by atoms with Crippen LogP contribution in [0.5, 0.6) is 11.5 Å². The maximum absolute atomic E-state index is 13.2. The van der Waals surface area contributed by atoms with Crippen LogP contribution in [-0.4, -0.2) is 30.5 Å². The van der Waals surface area contributed by atoms with E-state index in [9.17, 15) is 9.59 Å². The topological polar surface area (TPSA) is 80.8 Å². The summed E-state index contributed by atoms with van der Waals surface area (Å²) in [5.41, 5.74) is 1.70. The molecule has 1 aliphatic heterocycles. The number of aromatic nitrogens is 1. The third-order valence-corrected chi connectivity index (χ3v) is 5.30. The van der Waals surface area contributed by atoms with Gasteiger partial charge in [0.05, 0.1) is 7.11 Å². The first kappa shape index (κ1) is 21.4. The average molecular weight is 431 g/mol. The van der Waals surface area contributed by atoms with Crippen LogP contribution in [0.25, 0.3) is 0 Å². The minimum atomic E-state index is -0.729. The summed E-state index contributed by atoms with van der Waals surface area (Å²) in [6.07, 6.45) is 1.69. The highest BCUT2D eigenvalue weighted by molar-refractivity contribution is 5.99. The van der Waals surface area contributed by atoms with Crippen LogP contribution in [0.15, 0.2) is 72.9 Å². The number of rotatable bonds is 8. The molecule has 2 amide bonds. The molecule has 7 nitrogen and oxygen atoms in total. The summed E-state index contributed by atoms with van der Waals surface area (Å²) in [6, 6.07) is 20.5. The van der Waals surface area contributed by atoms with Crippen molar-refractivity contribution in [3.05, 3.63) is 84.1 Å². The summed E-state index contributed by atoms with van der Waals surface area (Å²) in [7, 11) is 1.61. The summed E-state index contributed by atoms with van der Waals surface area (Å²) in [6.45, 7) is 0.761.